The molecule has 1 atom stereocenters. The van der Waals surface area contributed by atoms with Crippen LogP contribution < -0.4 is 0 Å². The van der Waals surface area contributed by atoms with E-state index in [9.17, 15) is 14.4 Å². The zero-order valence-corrected chi connectivity index (χ0v) is 42.1. The molecule has 1 unspecified atom stereocenters. The van der Waals surface area contributed by atoms with Crippen molar-refractivity contribution in [2.24, 2.45) is 0 Å². The van der Waals surface area contributed by atoms with Crippen molar-refractivity contribution in [1.82, 2.24) is 0 Å². The molecule has 0 aromatic rings. The van der Waals surface area contributed by atoms with E-state index >= 15 is 0 Å². The van der Waals surface area contributed by atoms with Crippen molar-refractivity contribution in [1.29, 1.82) is 0 Å². The first-order valence-electron chi connectivity index (χ1n) is 25.8. The molecule has 0 aliphatic carbocycles. The second kappa shape index (κ2) is 53.4. The zero-order chi connectivity index (χ0) is 48.6. The minimum Gasteiger partial charge on any atom is -0.462 e. The van der Waals surface area contributed by atoms with Crippen LogP contribution >= 0.6 is 0 Å². The Morgan fingerprint density at radius 1 is 0.313 bits per heavy atom. The minimum absolute atomic E-state index is 0.125. The van der Waals surface area contributed by atoms with E-state index in [2.05, 4.69) is 81.5 Å². The van der Waals surface area contributed by atoms with Gasteiger partial charge in [-0.05, 0) is 77.0 Å². The summed E-state index contributed by atoms with van der Waals surface area (Å²) >= 11 is 0. The van der Waals surface area contributed by atoms with E-state index in [-0.39, 0.29) is 37.5 Å². The van der Waals surface area contributed by atoms with Crippen LogP contribution in [0.4, 0.5) is 0 Å². The van der Waals surface area contributed by atoms with Gasteiger partial charge in [-0.3, -0.25) is 14.4 Å². The van der Waals surface area contributed by atoms with Crippen LogP contribution in [0.25, 0.3) is 0 Å². The molecule has 6 heteroatoms. The maximum absolute atomic E-state index is 12.8. The third kappa shape index (κ3) is 51.6. The van der Waals surface area contributed by atoms with Gasteiger partial charge >= 0.3 is 17.9 Å². The van der Waals surface area contributed by atoms with Gasteiger partial charge in [0.05, 0.1) is 0 Å². The normalized spacial score (nSPS) is 13.5. The summed E-state index contributed by atoms with van der Waals surface area (Å²) in [6.07, 6.45) is 78.9. The molecular formula is C61H90O6. The van der Waals surface area contributed by atoms with E-state index in [0.29, 0.717) is 12.8 Å². The predicted molar refractivity (Wildman–Crippen MR) is 288 cm³/mol. The molecule has 370 valence electrons. The molecule has 0 saturated heterocycles. The molecule has 6 nitrogen and oxygen atoms in total. The Bertz CT molecular complexity index is 1620. The molecule has 0 heterocycles. The summed E-state index contributed by atoms with van der Waals surface area (Å²) in [4.78, 5) is 38.0. The molecule has 0 aliphatic heterocycles. The quantitative estimate of drug-likeness (QED) is 0.0262. The minimum atomic E-state index is -0.829. The van der Waals surface area contributed by atoms with Crippen molar-refractivity contribution in [2.75, 3.05) is 13.2 Å². The van der Waals surface area contributed by atoms with Crippen LogP contribution in [0.1, 0.15) is 175 Å². The van der Waals surface area contributed by atoms with Crippen LogP contribution in [-0.4, -0.2) is 37.2 Å². The SMILES string of the molecule is CC\C=C/C=C\C=C/C=C\CCCCCC(=O)OCC(COC(=O)CCCCCCC\C=C/C=C\C=C/C=C\C=C/CCC)OC(=O)CCCCCCC\C=C/C=C\C=C/C=C\C=C/CCC. The topological polar surface area (TPSA) is 78.9 Å². The average Bonchev–Trinajstić information content (AvgIpc) is 3.33. The van der Waals surface area contributed by atoms with Gasteiger partial charge in [0.2, 0.25) is 0 Å². The predicted octanol–water partition coefficient (Wildman–Crippen LogP) is 17.2. The maximum Gasteiger partial charge on any atom is 0.306 e. The fourth-order valence-electron chi connectivity index (χ4n) is 6.16. The molecule has 0 saturated carbocycles. The van der Waals surface area contributed by atoms with E-state index < -0.39 is 6.10 Å². The summed E-state index contributed by atoms with van der Waals surface area (Å²) < 4.78 is 16.7. The number of allylic oxidation sites excluding steroid dienone is 28. The van der Waals surface area contributed by atoms with Crippen molar-refractivity contribution in [3.63, 3.8) is 0 Å². The maximum atomic E-state index is 12.8. The Hall–Kier alpha value is -5.23. The van der Waals surface area contributed by atoms with Crippen LogP contribution in [0.5, 0.6) is 0 Å². The van der Waals surface area contributed by atoms with Gasteiger partial charge in [0.15, 0.2) is 6.10 Å². The lowest BCUT2D eigenvalue weighted by Crippen LogP contribution is -2.30. The van der Waals surface area contributed by atoms with Crippen molar-refractivity contribution in [3.8, 4) is 0 Å². The number of esters is 3. The Balaban J connectivity index is 4.60. The van der Waals surface area contributed by atoms with Crippen molar-refractivity contribution >= 4 is 17.9 Å². The third-order valence-corrected chi connectivity index (χ3v) is 9.99. The van der Waals surface area contributed by atoms with Crippen LogP contribution in [0.2, 0.25) is 0 Å². The van der Waals surface area contributed by atoms with Gasteiger partial charge in [-0.25, -0.2) is 0 Å². The summed E-state index contributed by atoms with van der Waals surface area (Å²) in [7, 11) is 0. The van der Waals surface area contributed by atoms with E-state index in [1.54, 1.807) is 0 Å². The molecule has 0 N–H and O–H groups in total. The summed E-state index contributed by atoms with van der Waals surface area (Å²) in [6, 6.07) is 0. The molecule has 0 aliphatic rings. The lowest BCUT2D eigenvalue weighted by molar-refractivity contribution is -0.167. The molecule has 0 amide bonds. The molecular weight excluding hydrogens is 829 g/mol. The number of unbranched alkanes of at least 4 members (excludes halogenated alkanes) is 15. The van der Waals surface area contributed by atoms with E-state index in [1.165, 1.54) is 12.8 Å². The fraction of sp³-hybridized carbons (Fsp3) is 0.492. The van der Waals surface area contributed by atoms with Gasteiger partial charge in [0, 0.05) is 19.3 Å². The van der Waals surface area contributed by atoms with E-state index in [0.717, 1.165) is 122 Å². The highest BCUT2D eigenvalue weighted by molar-refractivity contribution is 5.71. The lowest BCUT2D eigenvalue weighted by Gasteiger charge is -2.18. The first-order valence-corrected chi connectivity index (χ1v) is 25.8. The molecule has 0 radical (unpaired) electrons. The highest BCUT2D eigenvalue weighted by Gasteiger charge is 2.19. The molecule has 0 aromatic heterocycles. The summed E-state index contributed by atoms with van der Waals surface area (Å²) in [5.41, 5.74) is 0. The summed E-state index contributed by atoms with van der Waals surface area (Å²) in [6.45, 7) is 6.21. The summed E-state index contributed by atoms with van der Waals surface area (Å²) in [5.74, 6) is -1.03. The van der Waals surface area contributed by atoms with Crippen molar-refractivity contribution < 1.29 is 28.6 Å². The Kier molecular flexibility index (Phi) is 49.2. The number of hydrogen-bond donors (Lipinski definition) is 0. The molecule has 0 rings (SSSR count). The highest BCUT2D eigenvalue weighted by atomic mass is 16.6. The monoisotopic (exact) mass is 919 g/mol. The number of ether oxygens (including phenoxy) is 3. The van der Waals surface area contributed by atoms with Gasteiger partial charge in [-0.15, -0.1) is 0 Å². The Labute approximate surface area is 409 Å². The van der Waals surface area contributed by atoms with Gasteiger partial charge in [0.25, 0.3) is 0 Å². The first-order chi connectivity index (χ1) is 33.0. The average molecular weight is 919 g/mol. The Morgan fingerprint density at radius 2 is 0.582 bits per heavy atom. The fourth-order valence-corrected chi connectivity index (χ4v) is 6.16. The van der Waals surface area contributed by atoms with Gasteiger partial charge < -0.3 is 14.2 Å². The highest BCUT2D eigenvalue weighted by Crippen LogP contribution is 2.12. The number of hydrogen-bond acceptors (Lipinski definition) is 6. The second-order valence-electron chi connectivity index (χ2n) is 16.3. The van der Waals surface area contributed by atoms with E-state index in [4.69, 9.17) is 14.2 Å². The smallest absolute Gasteiger partial charge is 0.306 e. The first kappa shape index (κ1) is 61.8. The molecule has 0 aromatic carbocycles. The van der Waals surface area contributed by atoms with Gasteiger partial charge in [-0.1, -0.05) is 249 Å². The van der Waals surface area contributed by atoms with Crippen molar-refractivity contribution in [2.45, 2.75) is 181 Å². The van der Waals surface area contributed by atoms with Gasteiger partial charge in [-0.2, -0.15) is 0 Å². The van der Waals surface area contributed by atoms with Crippen molar-refractivity contribution in [3.05, 3.63) is 170 Å². The van der Waals surface area contributed by atoms with Gasteiger partial charge in [0.1, 0.15) is 13.2 Å². The van der Waals surface area contributed by atoms with E-state index in [1.807, 2.05) is 109 Å². The number of carbonyl (C=O) groups is 3. The van der Waals surface area contributed by atoms with Crippen LogP contribution in [0, 0.1) is 0 Å². The lowest BCUT2D eigenvalue weighted by atomic mass is 10.1. The van der Waals surface area contributed by atoms with Crippen LogP contribution in [0.15, 0.2) is 170 Å². The number of rotatable bonds is 43. The molecule has 0 spiro atoms. The molecule has 0 bridgehead atoms. The largest absolute Gasteiger partial charge is 0.462 e. The van der Waals surface area contributed by atoms with Crippen LogP contribution in [0.3, 0.4) is 0 Å². The molecule has 0 fully saturated rings. The summed E-state index contributed by atoms with van der Waals surface area (Å²) in [5, 5.41) is 0. The zero-order valence-electron chi connectivity index (χ0n) is 42.1. The standard InChI is InChI=1S/C61H90O6/c1-4-7-10-13-16-19-22-25-27-29-31-33-36-39-42-45-48-51-54-60(63)66-57-58(56-65-59(62)53-50-47-44-41-38-35-24-21-18-15-12-9-6-3)67-61(64)55-52-49-46-43-40-37-34-32-30-28-26-23-20-17-14-11-8-5-2/h9-35,38,58H,4-8,36-37,39-57H2,1-3H3/b12-9-,13-10-,14-11-,18-15-,19-16-,20-17-,24-21-,25-22-,26-23-,29-27-,30-28-,33-31-,34-32-,38-35-. The van der Waals surface area contributed by atoms with Crippen LogP contribution in [-0.2, 0) is 28.6 Å². The third-order valence-electron chi connectivity index (χ3n) is 9.99. The Morgan fingerprint density at radius 3 is 0.925 bits per heavy atom. The molecule has 67 heavy (non-hydrogen) atoms. The second-order valence-corrected chi connectivity index (χ2v) is 16.3. The number of carbonyl (C=O) groups excluding carboxylic acids is 3.